The minimum atomic E-state index is -0.490. The van der Waals surface area contributed by atoms with Crippen molar-refractivity contribution in [3.05, 3.63) is 54.6 Å². The molecule has 5 rings (SSSR count). The van der Waals surface area contributed by atoms with E-state index in [1.807, 2.05) is 20.8 Å². The fraction of sp³-hybridized carbons (Fsp3) is 0.333. The second-order valence-corrected chi connectivity index (χ2v) is 11.9. The van der Waals surface area contributed by atoms with Gasteiger partial charge in [0.1, 0.15) is 17.8 Å². The van der Waals surface area contributed by atoms with Crippen LogP contribution < -0.4 is 24.8 Å². The molecule has 4 aromatic rings. The molecular weight excluding hydrogens is 588 g/mol. The number of carbonyl (C=O) groups excluding carboxylic acids is 3. The summed E-state index contributed by atoms with van der Waals surface area (Å²) in [5, 5.41) is 9.48. The molecular formula is C30H32N6O7S. The van der Waals surface area contributed by atoms with E-state index in [0.717, 1.165) is 11.8 Å². The van der Waals surface area contributed by atoms with Gasteiger partial charge in [0.25, 0.3) is 5.12 Å². The van der Waals surface area contributed by atoms with Crippen molar-refractivity contribution in [1.82, 2.24) is 20.0 Å². The minimum absolute atomic E-state index is 0.239. The van der Waals surface area contributed by atoms with Crippen molar-refractivity contribution < 1.29 is 33.1 Å². The average Bonchev–Trinajstić information content (AvgIpc) is 3.46. The summed E-state index contributed by atoms with van der Waals surface area (Å²) in [7, 11) is 1.53. The number of urea groups is 1. The number of fused-ring (bicyclic) bond motifs is 1. The lowest BCUT2D eigenvalue weighted by atomic mass is 9.93. The topological polar surface area (TPSA) is 158 Å². The second kappa shape index (κ2) is 13.2. The van der Waals surface area contributed by atoms with Gasteiger partial charge in [0.05, 0.1) is 24.6 Å². The molecule has 44 heavy (non-hydrogen) atoms. The first-order chi connectivity index (χ1) is 21.1. The highest BCUT2D eigenvalue weighted by Gasteiger charge is 2.26. The van der Waals surface area contributed by atoms with Gasteiger partial charge in [0.2, 0.25) is 5.88 Å². The van der Waals surface area contributed by atoms with E-state index < -0.39 is 17.1 Å². The van der Waals surface area contributed by atoms with Crippen LogP contribution in [0, 0.1) is 0 Å². The number of carbonyl (C=O) groups is 3. The van der Waals surface area contributed by atoms with E-state index in [4.69, 9.17) is 18.7 Å². The van der Waals surface area contributed by atoms with Gasteiger partial charge in [0.15, 0.2) is 17.3 Å². The quantitative estimate of drug-likeness (QED) is 0.177. The Morgan fingerprint density at radius 3 is 2.70 bits per heavy atom. The fourth-order valence-corrected chi connectivity index (χ4v) is 5.05. The maximum Gasteiger partial charge on any atom is 0.324 e. The van der Waals surface area contributed by atoms with E-state index in [1.165, 1.54) is 13.4 Å². The van der Waals surface area contributed by atoms with Gasteiger partial charge in [-0.1, -0.05) is 43.8 Å². The molecule has 3 heterocycles. The lowest BCUT2D eigenvalue weighted by Gasteiger charge is -2.25. The van der Waals surface area contributed by atoms with Gasteiger partial charge < -0.3 is 29.0 Å². The number of benzene rings is 2. The molecule has 1 saturated heterocycles. The number of methoxy groups -OCH3 is 1. The molecule has 1 fully saturated rings. The van der Waals surface area contributed by atoms with Crippen molar-refractivity contribution in [3.63, 3.8) is 0 Å². The van der Waals surface area contributed by atoms with Crippen LogP contribution in [0.3, 0.4) is 0 Å². The van der Waals surface area contributed by atoms with Gasteiger partial charge in [-0.05, 0) is 24.6 Å². The van der Waals surface area contributed by atoms with E-state index in [0.29, 0.717) is 77.3 Å². The Hall–Kier alpha value is -4.85. The second-order valence-electron chi connectivity index (χ2n) is 10.9. The summed E-state index contributed by atoms with van der Waals surface area (Å²) >= 11 is 1.05. The third-order valence-corrected chi connectivity index (χ3v) is 7.39. The molecule has 2 aromatic heterocycles. The zero-order valence-corrected chi connectivity index (χ0v) is 25.5. The van der Waals surface area contributed by atoms with Crippen LogP contribution in [0.5, 0.6) is 23.1 Å². The summed E-state index contributed by atoms with van der Waals surface area (Å²) in [5.41, 5.74) is 0.813. The minimum Gasteiger partial charge on any atom is -0.493 e. The smallest absolute Gasteiger partial charge is 0.324 e. The van der Waals surface area contributed by atoms with E-state index in [2.05, 4.69) is 25.8 Å². The van der Waals surface area contributed by atoms with Gasteiger partial charge >= 0.3 is 11.9 Å². The van der Waals surface area contributed by atoms with Crippen LogP contribution in [-0.4, -0.2) is 69.6 Å². The molecule has 0 atom stereocenters. The number of nitrogens with zero attached hydrogens (tertiary/aromatic N) is 4. The normalized spacial score (nSPS) is 13.6. The zero-order chi connectivity index (χ0) is 31.3. The summed E-state index contributed by atoms with van der Waals surface area (Å²) in [4.78, 5) is 46.4. The highest BCUT2D eigenvalue weighted by atomic mass is 32.2. The van der Waals surface area contributed by atoms with Crippen molar-refractivity contribution in [1.29, 1.82) is 0 Å². The standard InChI is InChI=1S/C30H32N6O7S/c1-30(2,3)24-16-25(35-43-24)34-29(39)33-18-7-5-8-19(13-18)42-26-20-14-22(40-4)23(15-21(20)31-17-32-26)41-11-6-9-36-10-12-44-28(38)27(36)37/h5,7-8,13-17H,6,9-12H2,1-4H3,(H2,33,34,35,39). The van der Waals surface area contributed by atoms with Crippen molar-refractivity contribution in [2.45, 2.75) is 32.6 Å². The molecule has 2 N–H and O–H groups in total. The highest BCUT2D eigenvalue weighted by Crippen LogP contribution is 2.36. The number of thioether (sulfide) groups is 1. The summed E-state index contributed by atoms with van der Waals surface area (Å²) in [6.07, 6.45) is 1.92. The predicted octanol–water partition coefficient (Wildman–Crippen LogP) is 5.23. The van der Waals surface area contributed by atoms with Crippen LogP contribution in [-0.2, 0) is 15.0 Å². The van der Waals surface area contributed by atoms with E-state index in [9.17, 15) is 14.4 Å². The molecule has 2 aromatic carbocycles. The Morgan fingerprint density at radius 2 is 1.93 bits per heavy atom. The molecule has 0 aliphatic carbocycles. The number of hydrogen-bond donors (Lipinski definition) is 2. The van der Waals surface area contributed by atoms with Crippen LogP contribution in [0.4, 0.5) is 16.3 Å². The van der Waals surface area contributed by atoms with Crippen LogP contribution >= 0.6 is 11.8 Å². The molecule has 0 saturated carbocycles. The zero-order valence-electron chi connectivity index (χ0n) is 24.7. The third-order valence-electron chi connectivity index (χ3n) is 6.57. The first-order valence-corrected chi connectivity index (χ1v) is 14.8. The van der Waals surface area contributed by atoms with Gasteiger partial charge in [-0.2, -0.15) is 0 Å². The Kier molecular flexibility index (Phi) is 9.18. The summed E-state index contributed by atoms with van der Waals surface area (Å²) in [6.45, 7) is 7.24. The molecule has 0 radical (unpaired) electrons. The average molecular weight is 621 g/mol. The SMILES string of the molecule is COc1cc2c(Oc3cccc(NC(=O)Nc4cc(C(C)(C)C)on4)c3)ncnc2cc1OCCCN1CCSC(=O)C1=O. The first-order valence-electron chi connectivity index (χ1n) is 13.9. The Labute approximate surface area is 257 Å². The first kappa shape index (κ1) is 30.6. The number of nitrogens with one attached hydrogen (secondary N) is 2. The van der Waals surface area contributed by atoms with Crippen molar-refractivity contribution in [3.8, 4) is 23.1 Å². The number of amides is 3. The van der Waals surface area contributed by atoms with Crippen molar-refractivity contribution in [2.75, 3.05) is 43.2 Å². The Morgan fingerprint density at radius 1 is 1.09 bits per heavy atom. The van der Waals surface area contributed by atoms with Crippen LogP contribution in [0.2, 0.25) is 0 Å². The maximum absolute atomic E-state index is 12.6. The Balaban J connectivity index is 1.23. The number of hydrogen-bond acceptors (Lipinski definition) is 11. The van der Waals surface area contributed by atoms with Gasteiger partial charge in [-0.25, -0.2) is 14.8 Å². The molecule has 0 spiro atoms. The summed E-state index contributed by atoms with van der Waals surface area (Å²) in [5.74, 6) is 2.74. The molecule has 3 amide bonds. The largest absolute Gasteiger partial charge is 0.493 e. The monoisotopic (exact) mass is 620 g/mol. The van der Waals surface area contributed by atoms with Gasteiger partial charge in [-0.3, -0.25) is 14.9 Å². The van der Waals surface area contributed by atoms with Crippen molar-refractivity contribution in [2.24, 2.45) is 0 Å². The van der Waals surface area contributed by atoms with E-state index in [-0.39, 0.29) is 11.3 Å². The lowest BCUT2D eigenvalue weighted by Crippen LogP contribution is -2.42. The fourth-order valence-electron chi connectivity index (χ4n) is 4.30. The molecule has 13 nitrogen and oxygen atoms in total. The maximum atomic E-state index is 12.6. The lowest BCUT2D eigenvalue weighted by molar-refractivity contribution is -0.140. The van der Waals surface area contributed by atoms with Crippen LogP contribution in [0.1, 0.15) is 33.0 Å². The predicted molar refractivity (Wildman–Crippen MR) is 165 cm³/mol. The molecule has 1 aliphatic rings. The molecule has 230 valence electrons. The molecule has 1 aliphatic heterocycles. The number of ether oxygens (including phenoxy) is 3. The number of aromatic nitrogens is 3. The van der Waals surface area contributed by atoms with Crippen LogP contribution in [0.15, 0.2) is 53.3 Å². The summed E-state index contributed by atoms with van der Waals surface area (Å²) in [6, 6.07) is 11.5. The number of anilines is 2. The third kappa shape index (κ3) is 7.37. The van der Waals surface area contributed by atoms with Gasteiger partial charge in [0, 0.05) is 48.1 Å². The number of rotatable bonds is 10. The van der Waals surface area contributed by atoms with Gasteiger partial charge in [-0.15, -0.1) is 0 Å². The van der Waals surface area contributed by atoms with E-state index in [1.54, 1.807) is 47.4 Å². The Bertz CT molecular complexity index is 1690. The van der Waals surface area contributed by atoms with E-state index >= 15 is 0 Å². The molecule has 0 unspecified atom stereocenters. The molecule has 14 heteroatoms. The van der Waals surface area contributed by atoms with Crippen LogP contribution in [0.25, 0.3) is 10.9 Å². The van der Waals surface area contributed by atoms with Crippen molar-refractivity contribution >= 4 is 51.2 Å². The highest BCUT2D eigenvalue weighted by molar-refractivity contribution is 8.15. The summed E-state index contributed by atoms with van der Waals surface area (Å²) < 4.78 is 22.9. The molecule has 0 bridgehead atoms.